The third-order valence-electron chi connectivity index (χ3n) is 9.29. The highest BCUT2D eigenvalue weighted by molar-refractivity contribution is 6.36. The maximum atomic E-state index is 16.7. The summed E-state index contributed by atoms with van der Waals surface area (Å²) in [5, 5.41) is 12.8. The monoisotopic (exact) mass is 614 g/mol. The lowest BCUT2D eigenvalue weighted by Gasteiger charge is -2.48. The van der Waals surface area contributed by atoms with Crippen LogP contribution in [0.4, 0.5) is 14.5 Å². The van der Waals surface area contributed by atoms with Gasteiger partial charge in [-0.2, -0.15) is 5.26 Å². The number of hydrogen-bond donors (Lipinski definition) is 0. The lowest BCUT2D eigenvalue weighted by Crippen LogP contribution is -2.63. The molecule has 0 aliphatic carbocycles. The number of benzene rings is 2. The van der Waals surface area contributed by atoms with Crippen LogP contribution in [0, 0.1) is 17.1 Å². The zero-order valence-electron chi connectivity index (χ0n) is 24.1. The van der Waals surface area contributed by atoms with Gasteiger partial charge in [-0.25, -0.2) is 13.8 Å². The van der Waals surface area contributed by atoms with Crippen LogP contribution < -0.4 is 9.64 Å². The molecule has 0 saturated carbocycles. The predicted molar refractivity (Wildman–Crippen MR) is 165 cm³/mol. The van der Waals surface area contributed by atoms with Crippen LogP contribution in [0.3, 0.4) is 0 Å². The molecule has 3 saturated heterocycles. The summed E-state index contributed by atoms with van der Waals surface area (Å²) in [4.78, 5) is 27.2. The molecule has 2 aromatic carbocycles. The van der Waals surface area contributed by atoms with Crippen LogP contribution in [0.25, 0.3) is 32.9 Å². The minimum absolute atomic E-state index is 0.0225. The van der Waals surface area contributed by atoms with Gasteiger partial charge in [0.2, 0.25) is 5.88 Å². The topological polar surface area (TPSA) is 85.6 Å². The molecule has 3 aliphatic heterocycles. The maximum Gasteiger partial charge on any atom is 0.282 e. The summed E-state index contributed by atoms with van der Waals surface area (Å²) >= 11 is 6.57. The van der Waals surface area contributed by atoms with Gasteiger partial charge in [-0.05, 0) is 44.3 Å². The van der Waals surface area contributed by atoms with Gasteiger partial charge >= 0.3 is 0 Å². The smallest absolute Gasteiger partial charge is 0.282 e. The number of pyridine rings is 2. The molecular weight excluding hydrogens is 586 g/mol. The van der Waals surface area contributed by atoms with Crippen molar-refractivity contribution in [1.82, 2.24) is 19.8 Å². The van der Waals surface area contributed by atoms with E-state index in [4.69, 9.17) is 16.3 Å². The van der Waals surface area contributed by atoms with Gasteiger partial charge in [0.1, 0.15) is 29.5 Å². The van der Waals surface area contributed by atoms with E-state index >= 15 is 4.39 Å². The lowest BCUT2D eigenvalue weighted by atomic mass is 9.93. The molecule has 11 heteroatoms. The Morgan fingerprint density at radius 1 is 1.20 bits per heavy atom. The number of carbonyl (C=O) groups is 1. The number of nitriles is 1. The number of halogens is 3. The van der Waals surface area contributed by atoms with E-state index in [1.165, 1.54) is 11.1 Å². The van der Waals surface area contributed by atoms with Gasteiger partial charge < -0.3 is 19.4 Å². The van der Waals surface area contributed by atoms with Crippen molar-refractivity contribution in [2.24, 2.45) is 0 Å². The Balaban J connectivity index is 1.37. The Hall–Kier alpha value is -4.33. The van der Waals surface area contributed by atoms with Crippen LogP contribution in [-0.4, -0.2) is 77.1 Å². The quantitative estimate of drug-likeness (QED) is 0.252. The van der Waals surface area contributed by atoms with Crippen molar-refractivity contribution in [3.63, 3.8) is 0 Å². The number of likely N-dealkylation sites (N-methyl/N-ethyl adjacent to an activating group) is 1. The van der Waals surface area contributed by atoms with Gasteiger partial charge in [-0.3, -0.25) is 9.78 Å². The van der Waals surface area contributed by atoms with Gasteiger partial charge in [0.05, 0.1) is 17.8 Å². The van der Waals surface area contributed by atoms with Crippen LogP contribution in [0.15, 0.2) is 55.0 Å². The molecule has 0 unspecified atom stereocenters. The first-order valence-corrected chi connectivity index (χ1v) is 15.0. The normalized spacial score (nSPS) is 21.4. The number of nitrogens with zero attached hydrogens (tertiary/aromatic N) is 6. The predicted octanol–water partition coefficient (Wildman–Crippen LogP) is 5.86. The number of aromatic nitrogens is 2. The van der Waals surface area contributed by atoms with Crippen molar-refractivity contribution in [2.45, 2.75) is 37.4 Å². The highest BCUT2D eigenvalue weighted by Crippen LogP contribution is 2.45. The number of ether oxygens (including phenoxy) is 1. The molecule has 0 bridgehead atoms. The largest absolute Gasteiger partial charge is 0.475 e. The first-order chi connectivity index (χ1) is 21.3. The standard InChI is InChI=1S/C33H29ClF2N6O2/c1-18(35)33(43)41-13-11-25-26(41)16-42(25)31-22(14-37)32(44-17-20-8-5-12-40(20)2)39-30-23(31)15-38-29(28(30)36)21-9-3-6-19-7-4-10-24(34)27(19)21/h3-4,6-7,9-10,15,20,25-26H,1,5,8,11-13,16-17H2,2H3/t20-,25+,26+/m0/s1. The first kappa shape index (κ1) is 28.4. The van der Waals surface area contributed by atoms with Gasteiger partial charge in [-0.1, -0.05) is 48.5 Å². The minimum atomic E-state index is -1.00. The number of fused-ring (bicyclic) bond motifs is 3. The van der Waals surface area contributed by atoms with Crippen molar-refractivity contribution >= 4 is 44.9 Å². The Kier molecular flexibility index (Phi) is 7.10. The van der Waals surface area contributed by atoms with Gasteiger partial charge in [0.15, 0.2) is 11.6 Å². The summed E-state index contributed by atoms with van der Waals surface area (Å²) in [5.74, 6) is -2.34. The molecule has 0 N–H and O–H groups in total. The van der Waals surface area contributed by atoms with Crippen molar-refractivity contribution in [1.29, 1.82) is 5.26 Å². The molecule has 3 aliphatic rings. The zero-order valence-corrected chi connectivity index (χ0v) is 24.8. The Morgan fingerprint density at radius 2 is 2.00 bits per heavy atom. The number of likely N-dealkylation sites (tertiary alicyclic amines) is 2. The average Bonchev–Trinajstić information content (AvgIpc) is 3.57. The van der Waals surface area contributed by atoms with E-state index in [9.17, 15) is 14.4 Å². The Bertz CT molecular complexity index is 1890. The van der Waals surface area contributed by atoms with E-state index in [-0.39, 0.29) is 40.8 Å². The van der Waals surface area contributed by atoms with E-state index in [1.54, 1.807) is 12.1 Å². The highest BCUT2D eigenvalue weighted by Gasteiger charge is 2.50. The van der Waals surface area contributed by atoms with Crippen LogP contribution >= 0.6 is 11.6 Å². The number of rotatable bonds is 6. The molecule has 7 rings (SSSR count). The lowest BCUT2D eigenvalue weighted by molar-refractivity contribution is -0.130. The third kappa shape index (κ3) is 4.45. The van der Waals surface area contributed by atoms with Crippen LogP contribution in [0.2, 0.25) is 5.02 Å². The Morgan fingerprint density at radius 3 is 2.73 bits per heavy atom. The van der Waals surface area contributed by atoms with Gasteiger partial charge in [0.25, 0.3) is 5.91 Å². The second-order valence-corrected chi connectivity index (χ2v) is 12.1. The zero-order chi connectivity index (χ0) is 30.7. The molecule has 1 amide bonds. The second kappa shape index (κ2) is 11.0. The van der Waals surface area contributed by atoms with Crippen molar-refractivity contribution in [3.8, 4) is 23.2 Å². The Labute approximate surface area is 258 Å². The SMILES string of the molecule is C=C(F)C(=O)N1CC[C@@H]2[C@H]1CN2c1c(C#N)c(OC[C@@H]2CCCN2C)nc2c(F)c(-c3cccc4cccc(Cl)c34)ncc12. The summed E-state index contributed by atoms with van der Waals surface area (Å²) in [5.41, 5.74) is 1.26. The second-order valence-electron chi connectivity index (χ2n) is 11.6. The number of carbonyl (C=O) groups excluding carboxylic acids is 1. The summed E-state index contributed by atoms with van der Waals surface area (Å²) in [6.07, 6.45) is 4.09. The van der Waals surface area contributed by atoms with Crippen molar-refractivity contribution in [3.05, 3.63) is 71.4 Å². The molecule has 4 aromatic rings. The number of hydrogen-bond acceptors (Lipinski definition) is 7. The first-order valence-electron chi connectivity index (χ1n) is 14.6. The van der Waals surface area contributed by atoms with E-state index < -0.39 is 17.6 Å². The summed E-state index contributed by atoms with van der Waals surface area (Å²) < 4.78 is 36.6. The highest BCUT2D eigenvalue weighted by atomic mass is 35.5. The van der Waals surface area contributed by atoms with Gasteiger partial charge in [-0.15, -0.1) is 0 Å². The molecule has 3 atom stereocenters. The molecule has 5 heterocycles. The fraction of sp³-hybridized carbons (Fsp3) is 0.333. The summed E-state index contributed by atoms with van der Waals surface area (Å²) in [6, 6.07) is 12.9. The fourth-order valence-corrected chi connectivity index (χ4v) is 7.27. The fourth-order valence-electron chi connectivity index (χ4n) is 6.99. The molecule has 224 valence electrons. The van der Waals surface area contributed by atoms with Crippen LogP contribution in [-0.2, 0) is 4.79 Å². The van der Waals surface area contributed by atoms with E-state index in [1.807, 2.05) is 36.2 Å². The van der Waals surface area contributed by atoms with Crippen molar-refractivity contribution in [2.75, 3.05) is 38.2 Å². The number of amides is 1. The molecular formula is C33H29ClF2N6O2. The average molecular weight is 615 g/mol. The van der Waals surface area contributed by atoms with Crippen molar-refractivity contribution < 1.29 is 18.3 Å². The molecule has 2 aromatic heterocycles. The summed E-state index contributed by atoms with van der Waals surface area (Å²) in [7, 11) is 2.03. The minimum Gasteiger partial charge on any atom is -0.475 e. The molecule has 44 heavy (non-hydrogen) atoms. The molecule has 3 fully saturated rings. The van der Waals surface area contributed by atoms with Gasteiger partial charge in [0, 0.05) is 46.7 Å². The number of anilines is 1. The summed E-state index contributed by atoms with van der Waals surface area (Å²) in [6.45, 7) is 5.11. The molecule has 0 radical (unpaired) electrons. The van der Waals surface area contributed by atoms with E-state index in [2.05, 4.69) is 27.5 Å². The maximum absolute atomic E-state index is 16.7. The van der Waals surface area contributed by atoms with E-state index in [0.717, 1.165) is 24.8 Å². The molecule has 0 spiro atoms. The third-order valence-corrected chi connectivity index (χ3v) is 9.61. The van der Waals surface area contributed by atoms with Crippen LogP contribution in [0.1, 0.15) is 24.8 Å². The van der Waals surface area contributed by atoms with E-state index in [0.29, 0.717) is 53.2 Å². The van der Waals surface area contributed by atoms with Crippen LogP contribution in [0.5, 0.6) is 5.88 Å². The molecule has 8 nitrogen and oxygen atoms in total.